The Kier molecular flexibility index (Phi) is 6.06. The molecule has 0 saturated heterocycles. The Hall–Kier alpha value is -2.70. The van der Waals surface area contributed by atoms with Gasteiger partial charge in [0.2, 0.25) is 5.91 Å². The van der Waals surface area contributed by atoms with E-state index in [4.69, 9.17) is 5.11 Å². The molecule has 0 atom stereocenters. The summed E-state index contributed by atoms with van der Waals surface area (Å²) in [6.07, 6.45) is 1.27. The van der Waals surface area contributed by atoms with Crippen molar-refractivity contribution in [2.24, 2.45) is 0 Å². The number of hydrogen-bond acceptors (Lipinski definition) is 4. The molecular formula is C17H21N3O4. The van der Waals surface area contributed by atoms with Crippen LogP contribution in [0.1, 0.15) is 32.0 Å². The lowest BCUT2D eigenvalue weighted by atomic mass is 10.2. The maximum atomic E-state index is 12.1. The Balaban J connectivity index is 1.92. The molecule has 0 fully saturated rings. The Bertz CT molecular complexity index is 785. The van der Waals surface area contributed by atoms with E-state index < -0.39 is 5.97 Å². The number of carbonyl (C=O) groups excluding carboxylic acids is 1. The molecule has 7 heteroatoms. The molecule has 1 amide bonds. The predicted octanol–water partition coefficient (Wildman–Crippen LogP) is 1.57. The maximum absolute atomic E-state index is 12.1. The smallest absolute Gasteiger partial charge is 0.305 e. The van der Waals surface area contributed by atoms with Crippen LogP contribution in [0.4, 0.5) is 0 Å². The van der Waals surface area contributed by atoms with Crippen LogP contribution in [0, 0.1) is 0 Å². The third-order valence-electron chi connectivity index (χ3n) is 3.80. The molecular weight excluding hydrogens is 310 g/mol. The SMILES string of the molecule is CCN(CCC(=O)O)C(=O)CCCc1nc2ccccc2c(=O)[nH]1. The second-order valence-corrected chi connectivity index (χ2v) is 5.50. The molecule has 0 spiro atoms. The van der Waals surface area contributed by atoms with Crippen molar-refractivity contribution in [2.75, 3.05) is 13.1 Å². The number of fused-ring (bicyclic) bond motifs is 1. The van der Waals surface area contributed by atoms with Gasteiger partial charge in [0.25, 0.3) is 5.56 Å². The third-order valence-corrected chi connectivity index (χ3v) is 3.80. The van der Waals surface area contributed by atoms with Gasteiger partial charge >= 0.3 is 5.97 Å². The number of benzene rings is 1. The molecule has 1 heterocycles. The number of carboxylic acid groups (broad SMARTS) is 1. The number of aromatic nitrogens is 2. The van der Waals surface area contributed by atoms with Crippen LogP contribution in [0.25, 0.3) is 10.9 Å². The van der Waals surface area contributed by atoms with Gasteiger partial charge in [-0.1, -0.05) is 12.1 Å². The molecule has 0 aliphatic rings. The number of carbonyl (C=O) groups is 2. The van der Waals surface area contributed by atoms with E-state index in [0.717, 1.165) is 0 Å². The molecule has 2 aromatic rings. The molecule has 1 aromatic heterocycles. The number of hydrogen-bond donors (Lipinski definition) is 2. The number of amides is 1. The van der Waals surface area contributed by atoms with Gasteiger partial charge in [-0.3, -0.25) is 14.4 Å². The van der Waals surface area contributed by atoms with E-state index in [0.29, 0.717) is 42.5 Å². The standard InChI is InChI=1S/C17H21N3O4/c1-2-20(11-10-16(22)23)15(21)9-5-8-14-18-13-7-4-3-6-12(13)17(24)19-14/h3-4,6-7H,2,5,8-11H2,1H3,(H,22,23)(H,18,19,24). The van der Waals surface area contributed by atoms with E-state index in [9.17, 15) is 14.4 Å². The summed E-state index contributed by atoms with van der Waals surface area (Å²) in [6, 6.07) is 7.11. The van der Waals surface area contributed by atoms with Crippen LogP contribution >= 0.6 is 0 Å². The Morgan fingerprint density at radius 1 is 1.25 bits per heavy atom. The molecule has 0 unspecified atom stereocenters. The van der Waals surface area contributed by atoms with Gasteiger partial charge in [-0.15, -0.1) is 0 Å². The van der Waals surface area contributed by atoms with Crippen LogP contribution in [0.5, 0.6) is 0 Å². The van der Waals surface area contributed by atoms with Crippen molar-refractivity contribution in [3.05, 3.63) is 40.4 Å². The number of aliphatic carboxylic acids is 1. The average molecular weight is 331 g/mol. The van der Waals surface area contributed by atoms with Gasteiger partial charge < -0.3 is 15.0 Å². The molecule has 0 bridgehead atoms. The first kappa shape index (κ1) is 17.7. The fourth-order valence-electron chi connectivity index (χ4n) is 2.51. The van der Waals surface area contributed by atoms with Crippen molar-refractivity contribution in [3.8, 4) is 0 Å². The number of aromatic amines is 1. The second-order valence-electron chi connectivity index (χ2n) is 5.50. The highest BCUT2D eigenvalue weighted by molar-refractivity contribution is 5.77. The lowest BCUT2D eigenvalue weighted by molar-refractivity contribution is -0.138. The fourth-order valence-corrected chi connectivity index (χ4v) is 2.51. The third kappa shape index (κ3) is 4.65. The van der Waals surface area contributed by atoms with Gasteiger partial charge in [-0.2, -0.15) is 0 Å². The number of para-hydroxylation sites is 1. The molecule has 0 aliphatic carbocycles. The molecule has 0 saturated carbocycles. The van der Waals surface area contributed by atoms with E-state index in [2.05, 4.69) is 9.97 Å². The number of rotatable bonds is 8. The Morgan fingerprint density at radius 2 is 2.00 bits per heavy atom. The van der Waals surface area contributed by atoms with Crippen molar-refractivity contribution < 1.29 is 14.7 Å². The van der Waals surface area contributed by atoms with Crippen molar-refractivity contribution in [2.45, 2.75) is 32.6 Å². The highest BCUT2D eigenvalue weighted by Crippen LogP contribution is 2.08. The zero-order valence-corrected chi connectivity index (χ0v) is 13.6. The van der Waals surface area contributed by atoms with Gasteiger partial charge in [0.05, 0.1) is 17.3 Å². The van der Waals surface area contributed by atoms with Crippen LogP contribution in [0.15, 0.2) is 29.1 Å². The average Bonchev–Trinajstić information content (AvgIpc) is 2.55. The van der Waals surface area contributed by atoms with Crippen molar-refractivity contribution in [3.63, 3.8) is 0 Å². The minimum Gasteiger partial charge on any atom is -0.481 e. The Morgan fingerprint density at radius 3 is 2.71 bits per heavy atom. The second kappa shape index (κ2) is 8.24. The summed E-state index contributed by atoms with van der Waals surface area (Å²) in [6.45, 7) is 2.52. The largest absolute Gasteiger partial charge is 0.481 e. The predicted molar refractivity (Wildman–Crippen MR) is 89.8 cm³/mol. The van der Waals surface area contributed by atoms with Gasteiger partial charge in [-0.05, 0) is 25.5 Å². The first-order valence-corrected chi connectivity index (χ1v) is 7.98. The summed E-state index contributed by atoms with van der Waals surface area (Å²) in [5.41, 5.74) is 0.456. The summed E-state index contributed by atoms with van der Waals surface area (Å²) in [7, 11) is 0. The summed E-state index contributed by atoms with van der Waals surface area (Å²) < 4.78 is 0. The van der Waals surface area contributed by atoms with E-state index in [1.807, 2.05) is 13.0 Å². The van der Waals surface area contributed by atoms with E-state index in [1.54, 1.807) is 18.2 Å². The molecule has 24 heavy (non-hydrogen) atoms. The highest BCUT2D eigenvalue weighted by atomic mass is 16.4. The zero-order chi connectivity index (χ0) is 17.5. The summed E-state index contributed by atoms with van der Waals surface area (Å²) >= 11 is 0. The quantitative estimate of drug-likeness (QED) is 0.764. The zero-order valence-electron chi connectivity index (χ0n) is 13.6. The topological polar surface area (TPSA) is 103 Å². The Labute approximate surface area is 139 Å². The van der Waals surface area contributed by atoms with Crippen molar-refractivity contribution >= 4 is 22.8 Å². The molecule has 2 rings (SSSR count). The van der Waals surface area contributed by atoms with E-state index >= 15 is 0 Å². The normalized spacial score (nSPS) is 10.7. The lowest BCUT2D eigenvalue weighted by Gasteiger charge is -2.19. The monoisotopic (exact) mass is 331 g/mol. The summed E-state index contributed by atoms with van der Waals surface area (Å²) in [5, 5.41) is 9.24. The number of nitrogens with zero attached hydrogens (tertiary/aromatic N) is 2. The van der Waals surface area contributed by atoms with Crippen LogP contribution in [-0.2, 0) is 16.0 Å². The van der Waals surface area contributed by atoms with Crippen molar-refractivity contribution in [1.82, 2.24) is 14.9 Å². The van der Waals surface area contributed by atoms with E-state index in [1.165, 1.54) is 4.90 Å². The summed E-state index contributed by atoms with van der Waals surface area (Å²) in [4.78, 5) is 43.3. The molecule has 0 aliphatic heterocycles. The molecule has 1 aromatic carbocycles. The summed E-state index contributed by atoms with van der Waals surface area (Å²) in [5.74, 6) is -0.443. The van der Waals surface area contributed by atoms with Gasteiger partial charge in [-0.25, -0.2) is 4.98 Å². The molecule has 2 N–H and O–H groups in total. The molecule has 7 nitrogen and oxygen atoms in total. The number of aryl methyl sites for hydroxylation is 1. The minimum atomic E-state index is -0.917. The van der Waals surface area contributed by atoms with Crippen LogP contribution < -0.4 is 5.56 Å². The number of nitrogens with one attached hydrogen (secondary N) is 1. The van der Waals surface area contributed by atoms with Gasteiger partial charge in [0.1, 0.15) is 5.82 Å². The van der Waals surface area contributed by atoms with Gasteiger partial charge in [0, 0.05) is 25.9 Å². The van der Waals surface area contributed by atoms with Crippen LogP contribution in [-0.4, -0.2) is 44.9 Å². The van der Waals surface area contributed by atoms with Gasteiger partial charge in [0.15, 0.2) is 0 Å². The van der Waals surface area contributed by atoms with E-state index in [-0.39, 0.29) is 24.4 Å². The first-order chi connectivity index (χ1) is 11.5. The fraction of sp³-hybridized carbons (Fsp3) is 0.412. The van der Waals surface area contributed by atoms with Crippen molar-refractivity contribution in [1.29, 1.82) is 0 Å². The first-order valence-electron chi connectivity index (χ1n) is 7.98. The number of H-pyrrole nitrogens is 1. The lowest BCUT2D eigenvalue weighted by Crippen LogP contribution is -2.32. The number of carboxylic acids is 1. The van der Waals surface area contributed by atoms with Crippen LogP contribution in [0.2, 0.25) is 0 Å². The van der Waals surface area contributed by atoms with Crippen LogP contribution in [0.3, 0.4) is 0 Å². The molecule has 0 radical (unpaired) electrons. The highest BCUT2D eigenvalue weighted by Gasteiger charge is 2.13. The molecule has 128 valence electrons. The minimum absolute atomic E-state index is 0.0564. The maximum Gasteiger partial charge on any atom is 0.305 e.